The van der Waals surface area contributed by atoms with E-state index in [4.69, 9.17) is 4.43 Å². The third-order valence-electron chi connectivity index (χ3n) is 4.45. The van der Waals surface area contributed by atoms with Crippen LogP contribution in [0.25, 0.3) is 4.83 Å². The number of aromatic nitrogens is 2. The average Bonchev–Trinajstić information content (AvgIpc) is 2.98. The zero-order valence-corrected chi connectivity index (χ0v) is 17.2. The zero-order valence-electron chi connectivity index (χ0n) is 14.5. The van der Waals surface area contributed by atoms with E-state index in [9.17, 15) is 8.42 Å². The number of fused-ring (bicyclic) bond motifs is 1. The van der Waals surface area contributed by atoms with Crippen molar-refractivity contribution in [2.75, 3.05) is 20.2 Å². The summed E-state index contributed by atoms with van der Waals surface area (Å²) in [5.41, 5.74) is 0. The summed E-state index contributed by atoms with van der Waals surface area (Å²) in [7, 11) is -3.89. The smallest absolute Gasteiger partial charge is 0.263 e. The van der Waals surface area contributed by atoms with Gasteiger partial charge in [0.15, 0.2) is 8.32 Å². The van der Waals surface area contributed by atoms with E-state index in [1.807, 2.05) is 5.38 Å². The zero-order chi connectivity index (χ0) is 17.5. The number of nitrogens with zero attached hydrogens (tertiary/aromatic N) is 3. The first kappa shape index (κ1) is 18.6. The van der Waals surface area contributed by atoms with E-state index in [2.05, 4.69) is 38.8 Å². The highest BCUT2D eigenvalue weighted by Crippen LogP contribution is 2.36. The van der Waals surface area contributed by atoms with Gasteiger partial charge in [-0.3, -0.25) is 4.40 Å². The Morgan fingerprint density at radius 2 is 2.04 bits per heavy atom. The van der Waals surface area contributed by atoms with Crippen LogP contribution in [0.3, 0.4) is 0 Å². The number of rotatable bonds is 6. The molecule has 2 aromatic rings. The number of hydrogen-bond acceptors (Lipinski definition) is 5. The Morgan fingerprint density at radius 3 is 2.65 bits per heavy atom. The molecule has 0 N–H and O–H groups in total. The Bertz CT molecular complexity index is 775. The van der Waals surface area contributed by atoms with E-state index in [1.54, 1.807) is 17.6 Å². The Kier molecular flexibility index (Phi) is 5.08. The number of thiazole rings is 1. The Labute approximate surface area is 143 Å². The van der Waals surface area contributed by atoms with Crippen LogP contribution in [0.4, 0.5) is 0 Å². The quantitative estimate of drug-likeness (QED) is 0.728. The highest BCUT2D eigenvalue weighted by molar-refractivity contribution is 7.89. The number of likely N-dealkylation sites (N-methyl/N-ethyl adjacent to an activating group) is 1. The molecule has 6 nitrogen and oxygen atoms in total. The minimum atomic E-state index is -3.60. The summed E-state index contributed by atoms with van der Waals surface area (Å²) in [5, 5.41) is 2.07. The first-order valence-corrected chi connectivity index (χ1v) is 12.7. The third kappa shape index (κ3) is 3.68. The van der Waals surface area contributed by atoms with Crippen LogP contribution in [0.5, 0.6) is 0 Å². The molecule has 0 saturated carbocycles. The number of sulfonamides is 1. The van der Waals surface area contributed by atoms with E-state index >= 15 is 0 Å². The molecule has 0 aliphatic carbocycles. The average molecular weight is 376 g/mol. The van der Waals surface area contributed by atoms with E-state index in [0.717, 1.165) is 0 Å². The van der Waals surface area contributed by atoms with Gasteiger partial charge in [-0.2, -0.15) is 4.31 Å². The van der Waals surface area contributed by atoms with Crippen LogP contribution in [0.1, 0.15) is 20.8 Å². The molecule has 2 rings (SSSR count). The summed E-state index contributed by atoms with van der Waals surface area (Å²) in [4.78, 5) is 4.70. The normalized spacial score (nSPS) is 14.0. The van der Waals surface area contributed by atoms with Crippen molar-refractivity contribution in [3.8, 4) is 0 Å². The highest BCUT2D eigenvalue weighted by atomic mass is 32.2. The van der Waals surface area contributed by atoms with Crippen LogP contribution < -0.4 is 0 Å². The van der Waals surface area contributed by atoms with Crippen molar-refractivity contribution in [1.82, 2.24) is 13.7 Å². The minimum absolute atomic E-state index is 0.109. The second-order valence-corrected chi connectivity index (χ2v) is 14.8. The topological polar surface area (TPSA) is 63.9 Å². The van der Waals surface area contributed by atoms with Gasteiger partial charge in [-0.25, -0.2) is 13.4 Å². The van der Waals surface area contributed by atoms with E-state index in [1.165, 1.54) is 22.0 Å². The lowest BCUT2D eigenvalue weighted by Crippen LogP contribution is -2.43. The molecule has 0 bridgehead atoms. The molecule has 0 atom stereocenters. The molecule has 2 aromatic heterocycles. The summed E-state index contributed by atoms with van der Waals surface area (Å²) < 4.78 is 34.4. The molecule has 0 fully saturated rings. The maximum atomic E-state index is 12.7. The van der Waals surface area contributed by atoms with Gasteiger partial charge in [0.2, 0.25) is 5.03 Å². The molecule has 0 aliphatic heterocycles. The Hall–Kier alpha value is -0.743. The van der Waals surface area contributed by atoms with Gasteiger partial charge in [-0.1, -0.05) is 20.8 Å². The van der Waals surface area contributed by atoms with Crippen molar-refractivity contribution in [2.24, 2.45) is 0 Å². The standard InChI is InChI=1S/C14H25N3O3S2Si/c1-14(2,3)23(5,6)20-9-7-16(4)22(18,19)12-13-17(11-15-12)8-10-21-13/h8,10-11H,7,9H2,1-6H3. The van der Waals surface area contributed by atoms with Crippen LogP contribution in [-0.4, -0.2) is 50.6 Å². The first-order valence-electron chi connectivity index (χ1n) is 7.47. The molecular formula is C14H25N3O3S2Si. The van der Waals surface area contributed by atoms with Crippen molar-refractivity contribution in [3.05, 3.63) is 17.9 Å². The monoisotopic (exact) mass is 375 g/mol. The van der Waals surface area contributed by atoms with Crippen molar-refractivity contribution in [2.45, 2.75) is 43.9 Å². The summed E-state index contributed by atoms with van der Waals surface area (Å²) >= 11 is 1.37. The molecule has 9 heteroatoms. The van der Waals surface area contributed by atoms with E-state index in [-0.39, 0.29) is 10.1 Å². The molecule has 23 heavy (non-hydrogen) atoms. The summed E-state index contributed by atoms with van der Waals surface area (Å²) in [6, 6.07) is 0. The maximum absolute atomic E-state index is 12.7. The fourth-order valence-electron chi connectivity index (χ4n) is 1.80. The third-order valence-corrected chi connectivity index (χ3v) is 11.8. The lowest BCUT2D eigenvalue weighted by atomic mass is 10.2. The fourth-order valence-corrected chi connectivity index (χ4v) is 5.12. The molecule has 0 spiro atoms. The lowest BCUT2D eigenvalue weighted by Gasteiger charge is -2.36. The van der Waals surface area contributed by atoms with Crippen molar-refractivity contribution in [1.29, 1.82) is 0 Å². The minimum Gasteiger partial charge on any atom is -0.415 e. The van der Waals surface area contributed by atoms with Crippen molar-refractivity contribution in [3.63, 3.8) is 0 Å². The van der Waals surface area contributed by atoms with Gasteiger partial charge in [-0.05, 0) is 18.1 Å². The Balaban J connectivity index is 2.06. The van der Waals surface area contributed by atoms with Crippen LogP contribution in [-0.2, 0) is 14.4 Å². The molecule has 0 aliphatic rings. The van der Waals surface area contributed by atoms with Crippen LogP contribution >= 0.6 is 11.3 Å². The largest absolute Gasteiger partial charge is 0.415 e. The fraction of sp³-hybridized carbons (Fsp3) is 0.643. The predicted molar refractivity (Wildman–Crippen MR) is 96.0 cm³/mol. The maximum Gasteiger partial charge on any atom is 0.263 e. The molecule has 2 heterocycles. The van der Waals surface area contributed by atoms with Gasteiger partial charge >= 0.3 is 0 Å². The van der Waals surface area contributed by atoms with Crippen LogP contribution in [0.15, 0.2) is 22.9 Å². The predicted octanol–water partition coefficient (Wildman–Crippen LogP) is 3.04. The van der Waals surface area contributed by atoms with Gasteiger partial charge in [0, 0.05) is 31.8 Å². The van der Waals surface area contributed by atoms with Crippen molar-refractivity contribution >= 4 is 34.5 Å². The van der Waals surface area contributed by atoms with E-state index < -0.39 is 18.3 Å². The number of hydrogen-bond donors (Lipinski definition) is 0. The Morgan fingerprint density at radius 1 is 1.39 bits per heavy atom. The van der Waals surface area contributed by atoms with Gasteiger partial charge < -0.3 is 4.43 Å². The lowest BCUT2D eigenvalue weighted by molar-refractivity contribution is 0.263. The van der Waals surface area contributed by atoms with Gasteiger partial charge in [0.05, 0.1) is 0 Å². The SMILES string of the molecule is CN(CCO[Si](C)(C)C(C)(C)C)S(=O)(=O)c1ncn2ccsc12. The van der Waals surface area contributed by atoms with Gasteiger partial charge in [0.25, 0.3) is 10.0 Å². The molecule has 0 unspecified atom stereocenters. The van der Waals surface area contributed by atoms with Crippen LogP contribution in [0, 0.1) is 0 Å². The summed E-state index contributed by atoms with van der Waals surface area (Å²) in [6.45, 7) is 11.5. The van der Waals surface area contributed by atoms with E-state index in [0.29, 0.717) is 18.0 Å². The molecule has 0 amide bonds. The molecule has 0 aromatic carbocycles. The van der Waals surface area contributed by atoms with Gasteiger partial charge in [-0.15, -0.1) is 11.3 Å². The highest BCUT2D eigenvalue weighted by Gasteiger charge is 2.37. The van der Waals surface area contributed by atoms with Crippen LogP contribution in [0.2, 0.25) is 18.1 Å². The summed E-state index contributed by atoms with van der Waals surface area (Å²) in [6.07, 6.45) is 3.32. The second kappa shape index (κ2) is 6.28. The second-order valence-electron chi connectivity index (χ2n) is 7.10. The molecule has 0 saturated heterocycles. The summed E-state index contributed by atoms with van der Waals surface area (Å²) in [5.74, 6) is 0. The molecule has 130 valence electrons. The molecule has 0 radical (unpaired) electrons. The molecular weight excluding hydrogens is 350 g/mol. The van der Waals surface area contributed by atoms with Crippen molar-refractivity contribution < 1.29 is 12.8 Å². The first-order chi connectivity index (χ1) is 10.5. The number of imidazole rings is 1. The van der Waals surface area contributed by atoms with Gasteiger partial charge in [0.1, 0.15) is 11.2 Å².